The Morgan fingerprint density at radius 3 is 2.67 bits per heavy atom. The second kappa shape index (κ2) is 3.99. The maximum Gasteiger partial charge on any atom is 0.207 e. The molecule has 90 valence electrons. The van der Waals surface area contributed by atoms with Gasteiger partial charge < -0.3 is 16.0 Å². The summed E-state index contributed by atoms with van der Waals surface area (Å²) < 4.78 is 0. The lowest BCUT2D eigenvalue weighted by atomic mass is 10.2. The molecule has 4 N–H and O–H groups in total. The van der Waals surface area contributed by atoms with Crippen LogP contribution in [0.15, 0.2) is 30.6 Å². The van der Waals surface area contributed by atoms with Crippen molar-refractivity contribution in [1.82, 2.24) is 19.9 Å². The van der Waals surface area contributed by atoms with Gasteiger partial charge in [0.2, 0.25) is 5.95 Å². The van der Waals surface area contributed by atoms with Crippen molar-refractivity contribution >= 4 is 28.6 Å². The SMILES string of the molecule is Cc1ccc(Nc2nc3ncnc(N)c3[nH]2)cc1. The summed E-state index contributed by atoms with van der Waals surface area (Å²) in [6.07, 6.45) is 1.40. The van der Waals surface area contributed by atoms with E-state index in [-0.39, 0.29) is 0 Å². The highest BCUT2D eigenvalue weighted by molar-refractivity contribution is 5.83. The zero-order valence-electron chi connectivity index (χ0n) is 9.81. The van der Waals surface area contributed by atoms with Crippen LogP contribution >= 0.6 is 0 Å². The minimum Gasteiger partial charge on any atom is -0.382 e. The molecule has 3 aromatic rings. The molecule has 0 amide bonds. The van der Waals surface area contributed by atoms with E-state index in [9.17, 15) is 0 Å². The van der Waals surface area contributed by atoms with Crippen LogP contribution in [-0.4, -0.2) is 19.9 Å². The van der Waals surface area contributed by atoms with Gasteiger partial charge in [0.25, 0.3) is 0 Å². The summed E-state index contributed by atoms with van der Waals surface area (Å²) in [4.78, 5) is 15.3. The van der Waals surface area contributed by atoms with Crippen molar-refractivity contribution in [3.8, 4) is 0 Å². The molecule has 18 heavy (non-hydrogen) atoms. The summed E-state index contributed by atoms with van der Waals surface area (Å²) >= 11 is 0. The summed E-state index contributed by atoms with van der Waals surface area (Å²) in [6.45, 7) is 2.04. The highest BCUT2D eigenvalue weighted by Crippen LogP contribution is 2.19. The molecule has 0 spiro atoms. The van der Waals surface area contributed by atoms with Crippen LogP contribution in [0.25, 0.3) is 11.2 Å². The first kappa shape index (κ1) is 10.5. The zero-order valence-corrected chi connectivity index (χ0v) is 9.81. The van der Waals surface area contributed by atoms with Crippen molar-refractivity contribution in [3.63, 3.8) is 0 Å². The van der Waals surface area contributed by atoms with Crippen LogP contribution in [0.1, 0.15) is 5.56 Å². The van der Waals surface area contributed by atoms with Crippen LogP contribution in [0.4, 0.5) is 17.5 Å². The zero-order chi connectivity index (χ0) is 12.5. The van der Waals surface area contributed by atoms with E-state index in [0.717, 1.165) is 5.69 Å². The molecule has 2 heterocycles. The number of nitrogen functional groups attached to an aromatic ring is 1. The fourth-order valence-corrected chi connectivity index (χ4v) is 1.68. The molecule has 0 atom stereocenters. The van der Waals surface area contributed by atoms with E-state index in [1.807, 2.05) is 31.2 Å². The number of anilines is 3. The lowest BCUT2D eigenvalue weighted by Crippen LogP contribution is -1.92. The van der Waals surface area contributed by atoms with Gasteiger partial charge >= 0.3 is 0 Å². The van der Waals surface area contributed by atoms with Gasteiger partial charge in [0, 0.05) is 5.69 Å². The Balaban J connectivity index is 1.95. The third kappa shape index (κ3) is 1.84. The first-order valence-electron chi connectivity index (χ1n) is 5.52. The number of imidazole rings is 1. The molecule has 1 aromatic carbocycles. The molecule has 3 rings (SSSR count). The van der Waals surface area contributed by atoms with Crippen LogP contribution in [0.3, 0.4) is 0 Å². The molecule has 6 nitrogen and oxygen atoms in total. The van der Waals surface area contributed by atoms with E-state index in [4.69, 9.17) is 5.73 Å². The molecule has 2 aromatic heterocycles. The molecular weight excluding hydrogens is 228 g/mol. The van der Waals surface area contributed by atoms with E-state index >= 15 is 0 Å². The number of aryl methyl sites for hydroxylation is 1. The number of H-pyrrole nitrogens is 1. The van der Waals surface area contributed by atoms with Crippen molar-refractivity contribution in [2.24, 2.45) is 0 Å². The molecule has 0 aliphatic carbocycles. The predicted octanol–water partition coefficient (Wildman–Crippen LogP) is 1.99. The molecule has 0 unspecified atom stereocenters. The maximum absolute atomic E-state index is 5.73. The number of rotatable bonds is 2. The first-order chi connectivity index (χ1) is 8.72. The Hall–Kier alpha value is -2.63. The fraction of sp³-hybridized carbons (Fsp3) is 0.0833. The second-order valence-electron chi connectivity index (χ2n) is 4.03. The van der Waals surface area contributed by atoms with Gasteiger partial charge in [-0.2, -0.15) is 4.98 Å². The van der Waals surface area contributed by atoms with Gasteiger partial charge in [-0.1, -0.05) is 17.7 Å². The lowest BCUT2D eigenvalue weighted by Gasteiger charge is -2.02. The molecule has 0 fully saturated rings. The first-order valence-corrected chi connectivity index (χ1v) is 5.52. The quantitative estimate of drug-likeness (QED) is 0.637. The summed E-state index contributed by atoms with van der Waals surface area (Å²) in [5.74, 6) is 0.991. The van der Waals surface area contributed by atoms with Crippen molar-refractivity contribution in [2.45, 2.75) is 6.92 Å². The molecule has 0 saturated carbocycles. The third-order valence-corrected chi connectivity index (χ3v) is 2.63. The monoisotopic (exact) mass is 240 g/mol. The Bertz CT molecular complexity index is 685. The van der Waals surface area contributed by atoms with Crippen molar-refractivity contribution in [2.75, 3.05) is 11.1 Å². The van der Waals surface area contributed by atoms with Crippen LogP contribution in [0.2, 0.25) is 0 Å². The van der Waals surface area contributed by atoms with E-state index in [0.29, 0.717) is 22.9 Å². The van der Waals surface area contributed by atoms with Gasteiger partial charge in [0.15, 0.2) is 11.5 Å². The average molecular weight is 240 g/mol. The Labute approximate surface area is 103 Å². The largest absolute Gasteiger partial charge is 0.382 e. The number of nitrogens with two attached hydrogens (primary N) is 1. The molecular formula is C12H12N6. The van der Waals surface area contributed by atoms with Gasteiger partial charge in [-0.05, 0) is 19.1 Å². The number of hydrogen-bond acceptors (Lipinski definition) is 5. The normalized spacial score (nSPS) is 10.7. The number of benzene rings is 1. The number of aromatic amines is 1. The third-order valence-electron chi connectivity index (χ3n) is 2.63. The van der Waals surface area contributed by atoms with E-state index < -0.39 is 0 Å². The van der Waals surface area contributed by atoms with Gasteiger partial charge in [-0.15, -0.1) is 0 Å². The summed E-state index contributed by atoms with van der Waals surface area (Å²) in [6, 6.07) is 8.02. The van der Waals surface area contributed by atoms with E-state index in [2.05, 4.69) is 25.3 Å². The molecule has 0 saturated heterocycles. The molecule has 0 radical (unpaired) electrons. The highest BCUT2D eigenvalue weighted by atomic mass is 15.2. The summed E-state index contributed by atoms with van der Waals surface area (Å²) in [7, 11) is 0. The minimum atomic E-state index is 0.393. The Kier molecular flexibility index (Phi) is 2.33. The van der Waals surface area contributed by atoms with E-state index in [1.165, 1.54) is 11.9 Å². The molecule has 6 heteroatoms. The molecule has 0 aliphatic rings. The van der Waals surface area contributed by atoms with Crippen LogP contribution in [0.5, 0.6) is 0 Å². The van der Waals surface area contributed by atoms with Gasteiger partial charge in [0.05, 0.1) is 0 Å². The standard InChI is InChI=1S/C12H12N6/c1-7-2-4-8(5-3-7)16-12-17-9-10(13)14-6-15-11(9)18-12/h2-6H,1H3,(H4,13,14,15,16,17,18). The number of nitrogens with one attached hydrogen (secondary N) is 2. The second-order valence-corrected chi connectivity index (χ2v) is 4.03. The smallest absolute Gasteiger partial charge is 0.207 e. The van der Waals surface area contributed by atoms with Crippen molar-refractivity contribution in [3.05, 3.63) is 36.2 Å². The number of nitrogens with zero attached hydrogens (tertiary/aromatic N) is 3. The minimum absolute atomic E-state index is 0.393. The number of aromatic nitrogens is 4. The summed E-state index contributed by atoms with van der Waals surface area (Å²) in [5.41, 5.74) is 9.09. The number of hydrogen-bond donors (Lipinski definition) is 3. The predicted molar refractivity (Wildman–Crippen MR) is 70.6 cm³/mol. The molecule has 0 aliphatic heterocycles. The Morgan fingerprint density at radius 2 is 1.94 bits per heavy atom. The van der Waals surface area contributed by atoms with Gasteiger partial charge in [-0.3, -0.25) is 0 Å². The van der Waals surface area contributed by atoms with Crippen LogP contribution < -0.4 is 11.1 Å². The number of fused-ring (bicyclic) bond motifs is 1. The van der Waals surface area contributed by atoms with Crippen LogP contribution in [-0.2, 0) is 0 Å². The van der Waals surface area contributed by atoms with Gasteiger partial charge in [-0.25, -0.2) is 9.97 Å². The van der Waals surface area contributed by atoms with Crippen LogP contribution in [0, 0.1) is 6.92 Å². The highest BCUT2D eigenvalue weighted by Gasteiger charge is 2.07. The van der Waals surface area contributed by atoms with E-state index in [1.54, 1.807) is 0 Å². The maximum atomic E-state index is 5.73. The van der Waals surface area contributed by atoms with Gasteiger partial charge in [0.1, 0.15) is 11.8 Å². The molecule has 0 bridgehead atoms. The van der Waals surface area contributed by atoms with Crippen molar-refractivity contribution in [1.29, 1.82) is 0 Å². The average Bonchev–Trinajstić information content (AvgIpc) is 2.76. The van der Waals surface area contributed by atoms with Crippen molar-refractivity contribution < 1.29 is 0 Å². The fourth-order valence-electron chi connectivity index (χ4n) is 1.68. The summed E-state index contributed by atoms with van der Waals surface area (Å²) in [5, 5.41) is 3.16. The Morgan fingerprint density at radius 1 is 1.17 bits per heavy atom. The topological polar surface area (TPSA) is 92.5 Å². The lowest BCUT2D eigenvalue weighted by molar-refractivity contribution is 1.21.